The topological polar surface area (TPSA) is 78.0 Å². The van der Waals surface area contributed by atoms with Crippen molar-refractivity contribution in [1.82, 2.24) is 4.98 Å². The molecule has 2 aromatic carbocycles. The van der Waals surface area contributed by atoms with Gasteiger partial charge in [0, 0.05) is 36.3 Å². The second-order valence-electron chi connectivity index (χ2n) is 8.88. The number of hydrogen-bond donors (Lipinski definition) is 0. The summed E-state index contributed by atoms with van der Waals surface area (Å²) in [6, 6.07) is 9.54. The third-order valence-corrected chi connectivity index (χ3v) is 6.78. The molecule has 7 nitrogen and oxygen atoms in total. The Labute approximate surface area is 210 Å². The van der Waals surface area contributed by atoms with Crippen molar-refractivity contribution in [3.8, 4) is 11.5 Å². The van der Waals surface area contributed by atoms with Crippen LogP contribution in [0, 0.1) is 19.8 Å². The molecule has 0 unspecified atom stereocenters. The molecule has 0 N–H and O–H groups in total. The first kappa shape index (κ1) is 24.8. The fourth-order valence-corrected chi connectivity index (χ4v) is 4.71. The van der Waals surface area contributed by atoms with Crippen LogP contribution in [0.25, 0.3) is 10.9 Å². The first-order valence-corrected chi connectivity index (χ1v) is 11.7. The quantitative estimate of drug-likeness (QED) is 0.363. The van der Waals surface area contributed by atoms with Crippen LogP contribution in [0.5, 0.6) is 11.5 Å². The van der Waals surface area contributed by atoms with E-state index in [1.54, 1.807) is 6.20 Å². The molecule has 0 spiro atoms. The van der Waals surface area contributed by atoms with E-state index in [0.29, 0.717) is 55.2 Å². The Morgan fingerprint density at radius 2 is 1.77 bits per heavy atom. The number of benzene rings is 2. The summed E-state index contributed by atoms with van der Waals surface area (Å²) in [4.78, 5) is 32.8. The van der Waals surface area contributed by atoms with Crippen molar-refractivity contribution in [3.63, 3.8) is 0 Å². The van der Waals surface area contributed by atoms with E-state index in [4.69, 9.17) is 14.2 Å². The lowest BCUT2D eigenvalue weighted by molar-refractivity contribution is -0.148. The average molecular weight is 497 g/mol. The normalized spacial score (nSPS) is 15.1. The van der Waals surface area contributed by atoms with Crippen LogP contribution in [0.3, 0.4) is 0 Å². The number of pyridine rings is 1. The number of aryl methyl sites for hydroxylation is 2. The van der Waals surface area contributed by atoms with E-state index in [2.05, 4.69) is 9.88 Å². The maximum atomic E-state index is 13.7. The zero-order valence-corrected chi connectivity index (χ0v) is 20.9. The zero-order chi connectivity index (χ0) is 23.8. The van der Waals surface area contributed by atoms with Crippen LogP contribution in [0.2, 0.25) is 0 Å². The molecule has 0 atom stereocenters. The number of halogens is 1. The number of anilines is 1. The highest BCUT2D eigenvalue weighted by Crippen LogP contribution is 2.41. The largest absolute Gasteiger partial charge is 0.466 e. The van der Waals surface area contributed by atoms with Gasteiger partial charge in [-0.2, -0.15) is 0 Å². The van der Waals surface area contributed by atoms with Crippen LogP contribution in [0.1, 0.15) is 46.8 Å². The van der Waals surface area contributed by atoms with Crippen molar-refractivity contribution in [2.75, 3.05) is 31.4 Å². The van der Waals surface area contributed by atoms with Gasteiger partial charge >= 0.3 is 5.97 Å². The first-order valence-electron chi connectivity index (χ1n) is 11.7. The predicted octanol–water partition coefficient (Wildman–Crippen LogP) is 5.01. The summed E-state index contributed by atoms with van der Waals surface area (Å²) in [6.07, 6.45) is 3.00. The molecule has 1 saturated heterocycles. The number of fused-ring (bicyclic) bond motifs is 2. The van der Waals surface area contributed by atoms with Crippen LogP contribution >= 0.6 is 12.4 Å². The molecule has 2 aliphatic rings. The fourth-order valence-electron chi connectivity index (χ4n) is 4.71. The Morgan fingerprint density at radius 3 is 2.46 bits per heavy atom. The molecule has 1 fully saturated rings. The molecule has 8 heteroatoms. The van der Waals surface area contributed by atoms with Crippen LogP contribution in [-0.2, 0) is 9.53 Å². The highest BCUT2D eigenvalue weighted by Gasteiger charge is 2.30. The summed E-state index contributed by atoms with van der Waals surface area (Å²) in [6.45, 7) is 7.70. The molecule has 3 aromatic rings. The number of rotatable bonds is 5. The lowest BCUT2D eigenvalue weighted by Crippen LogP contribution is -2.38. The van der Waals surface area contributed by atoms with Crippen LogP contribution < -0.4 is 14.4 Å². The number of piperidine rings is 1. The van der Waals surface area contributed by atoms with Crippen molar-refractivity contribution < 1.29 is 23.8 Å². The minimum absolute atomic E-state index is 0. The third-order valence-electron chi connectivity index (χ3n) is 6.78. The molecule has 3 heterocycles. The summed E-state index contributed by atoms with van der Waals surface area (Å²) >= 11 is 0. The fraction of sp³-hybridized carbons (Fsp3) is 0.370. The highest BCUT2D eigenvalue weighted by molar-refractivity contribution is 6.16. The van der Waals surface area contributed by atoms with Gasteiger partial charge in [0.25, 0.3) is 0 Å². The average Bonchev–Trinajstić information content (AvgIpc) is 3.31. The summed E-state index contributed by atoms with van der Waals surface area (Å²) in [7, 11) is 0. The molecule has 5 rings (SSSR count). The maximum Gasteiger partial charge on any atom is 0.309 e. The lowest BCUT2D eigenvalue weighted by Gasteiger charge is -2.34. The molecule has 0 bridgehead atoms. The van der Waals surface area contributed by atoms with E-state index in [9.17, 15) is 9.59 Å². The van der Waals surface area contributed by atoms with Gasteiger partial charge in [-0.25, -0.2) is 0 Å². The Morgan fingerprint density at radius 1 is 1.06 bits per heavy atom. The van der Waals surface area contributed by atoms with Gasteiger partial charge in [-0.05, 0) is 56.9 Å². The van der Waals surface area contributed by atoms with E-state index < -0.39 is 0 Å². The number of nitrogens with zero attached hydrogens (tertiary/aromatic N) is 2. The van der Waals surface area contributed by atoms with Gasteiger partial charge in [0.15, 0.2) is 17.3 Å². The van der Waals surface area contributed by atoms with Crippen LogP contribution in [-0.4, -0.2) is 43.2 Å². The molecular weight excluding hydrogens is 468 g/mol. The van der Waals surface area contributed by atoms with Gasteiger partial charge in [0.2, 0.25) is 6.79 Å². The molecule has 0 aliphatic carbocycles. The van der Waals surface area contributed by atoms with Gasteiger partial charge < -0.3 is 19.1 Å². The molecule has 35 heavy (non-hydrogen) atoms. The Kier molecular flexibility index (Phi) is 7.17. The molecular formula is C27H29ClN2O5. The molecule has 184 valence electrons. The minimum Gasteiger partial charge on any atom is -0.466 e. The minimum atomic E-state index is -0.142. The van der Waals surface area contributed by atoms with Crippen LogP contribution in [0.15, 0.2) is 36.5 Å². The Bertz CT molecular complexity index is 1280. The number of ether oxygens (including phenoxy) is 3. The van der Waals surface area contributed by atoms with Crippen molar-refractivity contribution in [2.24, 2.45) is 5.92 Å². The summed E-state index contributed by atoms with van der Waals surface area (Å²) in [5.41, 5.74) is 4.95. The second kappa shape index (κ2) is 10.1. The van der Waals surface area contributed by atoms with Crippen molar-refractivity contribution in [3.05, 3.63) is 58.8 Å². The van der Waals surface area contributed by atoms with Gasteiger partial charge in [-0.15, -0.1) is 12.4 Å². The lowest BCUT2D eigenvalue weighted by atomic mass is 9.93. The molecule has 1 aromatic heterocycles. The van der Waals surface area contributed by atoms with E-state index in [0.717, 1.165) is 27.7 Å². The van der Waals surface area contributed by atoms with Gasteiger partial charge in [-0.1, -0.05) is 12.1 Å². The van der Waals surface area contributed by atoms with Gasteiger partial charge in [0.1, 0.15) is 0 Å². The summed E-state index contributed by atoms with van der Waals surface area (Å²) < 4.78 is 16.4. The molecule has 2 aliphatic heterocycles. The number of esters is 1. The molecule has 0 amide bonds. The Balaban J connectivity index is 0.00000289. The zero-order valence-electron chi connectivity index (χ0n) is 20.1. The third kappa shape index (κ3) is 4.65. The second-order valence-corrected chi connectivity index (χ2v) is 8.88. The van der Waals surface area contributed by atoms with Gasteiger partial charge in [0.05, 0.1) is 29.3 Å². The number of carbonyl (C=O) groups is 2. The van der Waals surface area contributed by atoms with Gasteiger partial charge in [-0.3, -0.25) is 14.6 Å². The summed E-state index contributed by atoms with van der Waals surface area (Å²) in [5, 5.41) is 0.841. The highest BCUT2D eigenvalue weighted by atomic mass is 35.5. The maximum absolute atomic E-state index is 13.7. The standard InChI is InChI=1S/C27H28N2O5.ClH/c1-4-32-27(31)18-7-9-29(10-8-18)25-20-12-23-24(34-15-33-23)13-22(20)28-14-21(25)26(30)19-6-5-16(2)17(3)11-19;/h5-6,11-14,18H,4,7-10,15H2,1-3H3;1H. The van der Waals surface area contributed by atoms with Crippen molar-refractivity contribution in [2.45, 2.75) is 33.6 Å². The molecule has 0 saturated carbocycles. The van der Waals surface area contributed by atoms with Crippen LogP contribution in [0.4, 0.5) is 5.69 Å². The SMILES string of the molecule is CCOC(=O)C1CCN(c2c(C(=O)c3ccc(C)c(C)c3)cnc3cc4c(cc23)OCO4)CC1.Cl. The predicted molar refractivity (Wildman–Crippen MR) is 136 cm³/mol. The smallest absolute Gasteiger partial charge is 0.309 e. The van der Waals surface area contributed by atoms with E-state index in [1.807, 2.05) is 51.1 Å². The van der Waals surface area contributed by atoms with Crippen molar-refractivity contribution >= 4 is 40.7 Å². The molecule has 0 radical (unpaired) electrons. The number of carbonyl (C=O) groups excluding carboxylic acids is 2. The summed E-state index contributed by atoms with van der Waals surface area (Å²) in [5.74, 6) is 0.964. The van der Waals surface area contributed by atoms with Crippen molar-refractivity contribution in [1.29, 1.82) is 0 Å². The Hall–Kier alpha value is -3.32. The number of aromatic nitrogens is 1. The van der Waals surface area contributed by atoms with E-state index in [-0.39, 0.29) is 36.9 Å². The van der Waals surface area contributed by atoms with E-state index >= 15 is 0 Å². The number of hydrogen-bond acceptors (Lipinski definition) is 7. The van der Waals surface area contributed by atoms with E-state index in [1.165, 1.54) is 0 Å². The first-order chi connectivity index (χ1) is 16.5. The number of ketones is 1. The monoisotopic (exact) mass is 496 g/mol.